The lowest BCUT2D eigenvalue weighted by atomic mass is 10.2. The van der Waals surface area contributed by atoms with E-state index >= 15 is 0 Å². The Bertz CT molecular complexity index is 826. The molecule has 5 nitrogen and oxygen atoms in total. The predicted octanol–water partition coefficient (Wildman–Crippen LogP) is 3.17. The second kappa shape index (κ2) is 6.80. The Morgan fingerprint density at radius 2 is 2.00 bits per heavy atom. The smallest absolute Gasteiger partial charge is 0.341 e. The lowest BCUT2D eigenvalue weighted by Gasteiger charge is -2.18. The minimum atomic E-state index is -1.63. The number of hydrogen-bond donors (Lipinski definition) is 1. The number of aromatic nitrogens is 1. The van der Waals surface area contributed by atoms with E-state index in [1.54, 1.807) is 6.07 Å². The summed E-state index contributed by atoms with van der Waals surface area (Å²) in [4.78, 5) is 15.9. The second-order valence-corrected chi connectivity index (χ2v) is 11.3. The molecule has 0 saturated carbocycles. The van der Waals surface area contributed by atoms with Gasteiger partial charge in [-0.3, -0.25) is 0 Å². The van der Waals surface area contributed by atoms with Gasteiger partial charge in [-0.25, -0.2) is 14.2 Å². The SMILES string of the molecule is COC(=O)c1ccc(C#N)nc1Nc1ccc([Si](C)(C)C)cc1F. The number of methoxy groups -OCH3 is 1. The maximum atomic E-state index is 14.4. The van der Waals surface area contributed by atoms with Crippen LogP contribution in [-0.2, 0) is 4.74 Å². The van der Waals surface area contributed by atoms with Crippen LogP contribution < -0.4 is 10.5 Å². The average Bonchev–Trinajstić information content (AvgIpc) is 2.54. The zero-order chi connectivity index (χ0) is 17.9. The molecule has 0 aliphatic rings. The number of rotatable bonds is 4. The fourth-order valence-corrected chi connectivity index (χ4v) is 3.24. The zero-order valence-electron chi connectivity index (χ0n) is 14.0. The summed E-state index contributed by atoms with van der Waals surface area (Å²) in [7, 11) is -0.386. The minimum absolute atomic E-state index is 0.0838. The van der Waals surface area contributed by atoms with E-state index in [1.807, 2.05) is 12.1 Å². The molecule has 0 amide bonds. The van der Waals surface area contributed by atoms with Gasteiger partial charge in [-0.2, -0.15) is 5.26 Å². The number of carbonyl (C=O) groups excluding carboxylic acids is 1. The third-order valence-corrected chi connectivity index (χ3v) is 5.55. The summed E-state index contributed by atoms with van der Waals surface area (Å²) in [5, 5.41) is 12.7. The van der Waals surface area contributed by atoms with E-state index in [2.05, 4.69) is 29.9 Å². The van der Waals surface area contributed by atoms with E-state index in [-0.39, 0.29) is 22.8 Å². The minimum Gasteiger partial charge on any atom is -0.465 e. The van der Waals surface area contributed by atoms with Crippen molar-refractivity contribution in [2.24, 2.45) is 0 Å². The Balaban J connectivity index is 2.44. The molecule has 2 rings (SSSR count). The van der Waals surface area contributed by atoms with Crippen molar-refractivity contribution in [3.8, 4) is 6.07 Å². The van der Waals surface area contributed by atoms with Crippen LogP contribution in [0.25, 0.3) is 0 Å². The largest absolute Gasteiger partial charge is 0.465 e. The Hall–Kier alpha value is -2.72. The van der Waals surface area contributed by atoms with Gasteiger partial charge in [0.2, 0.25) is 0 Å². The molecule has 24 heavy (non-hydrogen) atoms. The third-order valence-electron chi connectivity index (χ3n) is 3.50. The van der Waals surface area contributed by atoms with E-state index in [0.717, 1.165) is 5.19 Å². The Kier molecular flexibility index (Phi) is 5.00. The number of ether oxygens (including phenoxy) is 1. The number of carbonyl (C=O) groups is 1. The molecular weight excluding hydrogens is 325 g/mol. The van der Waals surface area contributed by atoms with E-state index in [4.69, 9.17) is 10.00 Å². The van der Waals surface area contributed by atoms with Gasteiger partial charge in [0, 0.05) is 0 Å². The molecule has 0 fully saturated rings. The van der Waals surface area contributed by atoms with Crippen molar-refractivity contribution in [1.29, 1.82) is 5.26 Å². The molecule has 7 heteroatoms. The maximum Gasteiger partial charge on any atom is 0.341 e. The van der Waals surface area contributed by atoms with Gasteiger partial charge in [0.25, 0.3) is 0 Å². The molecule has 124 valence electrons. The van der Waals surface area contributed by atoms with E-state index < -0.39 is 19.9 Å². The summed E-state index contributed by atoms with van der Waals surface area (Å²) in [5.41, 5.74) is 0.430. The van der Waals surface area contributed by atoms with Crippen molar-refractivity contribution in [2.45, 2.75) is 19.6 Å². The van der Waals surface area contributed by atoms with Crippen LogP contribution in [0.5, 0.6) is 0 Å². The fourth-order valence-electron chi connectivity index (χ4n) is 2.10. The predicted molar refractivity (Wildman–Crippen MR) is 93.0 cm³/mol. The van der Waals surface area contributed by atoms with Crippen LogP contribution >= 0.6 is 0 Å². The Labute approximate surface area is 141 Å². The molecule has 0 aliphatic carbocycles. The van der Waals surface area contributed by atoms with Gasteiger partial charge >= 0.3 is 5.97 Å². The Morgan fingerprint density at radius 3 is 2.54 bits per heavy atom. The first-order valence-corrected chi connectivity index (χ1v) is 10.8. The number of hydrogen-bond acceptors (Lipinski definition) is 5. The standard InChI is InChI=1S/C17H18FN3O2Si/c1-23-17(22)13-7-5-11(10-19)20-16(13)21-15-8-6-12(9-14(15)18)24(2,3)4/h5-9H,1-4H3,(H,20,21). The van der Waals surface area contributed by atoms with Crippen molar-refractivity contribution < 1.29 is 13.9 Å². The van der Waals surface area contributed by atoms with Crippen LogP contribution in [0.2, 0.25) is 19.6 Å². The van der Waals surface area contributed by atoms with Crippen LogP contribution in [0.15, 0.2) is 30.3 Å². The van der Waals surface area contributed by atoms with Gasteiger partial charge in [0.05, 0.1) is 20.9 Å². The number of esters is 1. The van der Waals surface area contributed by atoms with Crippen LogP contribution in [0.1, 0.15) is 16.1 Å². The first-order valence-electron chi connectivity index (χ1n) is 7.33. The number of anilines is 2. The first-order chi connectivity index (χ1) is 11.3. The summed E-state index contributed by atoms with van der Waals surface area (Å²) >= 11 is 0. The maximum absolute atomic E-state index is 14.4. The lowest BCUT2D eigenvalue weighted by Crippen LogP contribution is -2.37. The van der Waals surface area contributed by atoms with Gasteiger partial charge in [-0.05, 0) is 24.3 Å². The number of nitrogens with zero attached hydrogens (tertiary/aromatic N) is 2. The van der Waals surface area contributed by atoms with Crippen molar-refractivity contribution in [3.05, 3.63) is 47.4 Å². The summed E-state index contributed by atoms with van der Waals surface area (Å²) in [6.45, 7) is 6.38. The molecule has 0 unspecified atom stereocenters. The van der Waals surface area contributed by atoms with E-state index in [1.165, 1.54) is 25.3 Å². The molecule has 1 N–H and O–H groups in total. The van der Waals surface area contributed by atoms with Crippen molar-refractivity contribution in [1.82, 2.24) is 4.98 Å². The summed E-state index contributed by atoms with van der Waals surface area (Å²) in [6, 6.07) is 9.70. The number of benzene rings is 1. The quantitative estimate of drug-likeness (QED) is 0.682. The molecule has 2 aromatic rings. The number of halogens is 1. The number of nitrogens with one attached hydrogen (secondary N) is 1. The molecule has 0 atom stereocenters. The molecule has 0 spiro atoms. The number of pyridine rings is 1. The van der Waals surface area contributed by atoms with Crippen molar-refractivity contribution in [3.63, 3.8) is 0 Å². The monoisotopic (exact) mass is 343 g/mol. The first kappa shape index (κ1) is 17.6. The molecule has 0 saturated heterocycles. The van der Waals surface area contributed by atoms with Crippen LogP contribution in [0.3, 0.4) is 0 Å². The van der Waals surface area contributed by atoms with Crippen molar-refractivity contribution in [2.75, 3.05) is 12.4 Å². The fraction of sp³-hybridized carbons (Fsp3) is 0.235. The third kappa shape index (κ3) is 3.78. The summed E-state index contributed by atoms with van der Waals surface area (Å²) < 4.78 is 19.1. The summed E-state index contributed by atoms with van der Waals surface area (Å²) in [6.07, 6.45) is 0. The van der Waals surface area contributed by atoms with Gasteiger partial charge in [0.1, 0.15) is 29.0 Å². The topological polar surface area (TPSA) is 75.0 Å². The van der Waals surface area contributed by atoms with Crippen LogP contribution in [0.4, 0.5) is 15.9 Å². The highest BCUT2D eigenvalue weighted by atomic mass is 28.3. The molecular formula is C17H18FN3O2Si. The average molecular weight is 343 g/mol. The van der Waals surface area contributed by atoms with Gasteiger partial charge in [-0.1, -0.05) is 30.9 Å². The zero-order valence-corrected chi connectivity index (χ0v) is 15.0. The van der Waals surface area contributed by atoms with E-state index in [9.17, 15) is 9.18 Å². The van der Waals surface area contributed by atoms with Gasteiger partial charge in [-0.15, -0.1) is 0 Å². The highest BCUT2D eigenvalue weighted by Crippen LogP contribution is 2.22. The molecule has 1 heterocycles. The summed E-state index contributed by atoms with van der Waals surface area (Å²) in [5.74, 6) is -0.968. The van der Waals surface area contributed by atoms with Crippen LogP contribution in [-0.4, -0.2) is 26.1 Å². The van der Waals surface area contributed by atoms with Crippen LogP contribution in [0, 0.1) is 17.1 Å². The molecule has 0 aliphatic heterocycles. The van der Waals surface area contributed by atoms with E-state index in [0.29, 0.717) is 0 Å². The van der Waals surface area contributed by atoms with Gasteiger partial charge in [0.15, 0.2) is 0 Å². The van der Waals surface area contributed by atoms with Gasteiger partial charge < -0.3 is 10.1 Å². The normalized spacial score (nSPS) is 10.8. The Morgan fingerprint density at radius 1 is 1.29 bits per heavy atom. The highest BCUT2D eigenvalue weighted by molar-refractivity contribution is 6.88. The molecule has 1 aromatic heterocycles. The van der Waals surface area contributed by atoms with Crippen molar-refractivity contribution >= 4 is 30.7 Å². The number of nitriles is 1. The molecule has 0 radical (unpaired) electrons. The molecule has 1 aromatic carbocycles. The lowest BCUT2D eigenvalue weighted by molar-refractivity contribution is 0.0601. The molecule has 0 bridgehead atoms. The highest BCUT2D eigenvalue weighted by Gasteiger charge is 2.19. The second-order valence-electron chi connectivity index (χ2n) is 6.27.